The lowest BCUT2D eigenvalue weighted by molar-refractivity contribution is -0.131. The highest BCUT2D eigenvalue weighted by Gasteiger charge is 2.07. The fourth-order valence-electron chi connectivity index (χ4n) is 1.23. The van der Waals surface area contributed by atoms with E-state index in [1.54, 1.807) is 0 Å². The first-order valence-electron chi connectivity index (χ1n) is 4.27. The van der Waals surface area contributed by atoms with Gasteiger partial charge in [0.1, 0.15) is 5.75 Å². The van der Waals surface area contributed by atoms with E-state index >= 15 is 0 Å². The van der Waals surface area contributed by atoms with Gasteiger partial charge >= 0.3 is 5.97 Å². The van der Waals surface area contributed by atoms with Crippen LogP contribution in [0.1, 0.15) is 23.6 Å². The predicted octanol–water partition coefficient (Wildman–Crippen LogP) is 2.54. The van der Waals surface area contributed by atoms with Gasteiger partial charge < -0.3 is 4.74 Å². The van der Waals surface area contributed by atoms with Crippen LogP contribution in [0.3, 0.4) is 0 Å². The number of carbonyl (C=O) groups excluding carboxylic acids is 1. The van der Waals surface area contributed by atoms with Gasteiger partial charge in [0.15, 0.2) is 0 Å². The molecule has 0 saturated carbocycles. The smallest absolute Gasteiger partial charge is 0.308 e. The Hall–Kier alpha value is -1.31. The van der Waals surface area contributed by atoms with Crippen LogP contribution in [0.2, 0.25) is 0 Å². The number of esters is 1. The van der Waals surface area contributed by atoms with Gasteiger partial charge in [0.25, 0.3) is 0 Å². The SMILES string of the molecule is CC(=O)Oc1c(C)ccc(C)c1C. The van der Waals surface area contributed by atoms with Crippen molar-refractivity contribution < 1.29 is 9.53 Å². The van der Waals surface area contributed by atoms with E-state index in [0.717, 1.165) is 16.7 Å². The van der Waals surface area contributed by atoms with Crippen LogP contribution in [0, 0.1) is 20.8 Å². The van der Waals surface area contributed by atoms with Gasteiger partial charge in [-0.25, -0.2) is 0 Å². The van der Waals surface area contributed by atoms with Gasteiger partial charge in [-0.2, -0.15) is 0 Å². The van der Waals surface area contributed by atoms with E-state index in [1.165, 1.54) is 6.92 Å². The zero-order chi connectivity index (χ0) is 10.0. The third-order valence-electron chi connectivity index (χ3n) is 2.12. The molecule has 0 aliphatic heterocycles. The maximum atomic E-state index is 10.8. The lowest BCUT2D eigenvalue weighted by atomic mass is 10.1. The van der Waals surface area contributed by atoms with Crippen molar-refractivity contribution in [2.24, 2.45) is 0 Å². The van der Waals surface area contributed by atoms with E-state index in [-0.39, 0.29) is 5.97 Å². The van der Waals surface area contributed by atoms with Crippen LogP contribution < -0.4 is 4.74 Å². The first kappa shape index (κ1) is 9.78. The molecule has 1 aromatic carbocycles. The van der Waals surface area contributed by atoms with E-state index in [2.05, 4.69) is 0 Å². The highest BCUT2D eigenvalue weighted by Crippen LogP contribution is 2.25. The highest BCUT2D eigenvalue weighted by atomic mass is 16.5. The second-order valence-corrected chi connectivity index (χ2v) is 3.25. The molecule has 0 aromatic heterocycles. The number of benzene rings is 1. The number of hydrogen-bond acceptors (Lipinski definition) is 2. The first-order chi connectivity index (χ1) is 6.02. The second kappa shape index (κ2) is 3.60. The Morgan fingerprint density at radius 2 is 1.69 bits per heavy atom. The van der Waals surface area contributed by atoms with Crippen LogP contribution in [0.5, 0.6) is 5.75 Å². The predicted molar refractivity (Wildman–Crippen MR) is 52.0 cm³/mol. The minimum atomic E-state index is -0.267. The van der Waals surface area contributed by atoms with E-state index in [9.17, 15) is 4.79 Å². The lowest BCUT2D eigenvalue weighted by Gasteiger charge is -2.10. The summed E-state index contributed by atoms with van der Waals surface area (Å²) in [5.74, 6) is 0.435. The normalized spacial score (nSPS) is 9.85. The summed E-state index contributed by atoms with van der Waals surface area (Å²) < 4.78 is 5.12. The molecule has 0 aliphatic rings. The summed E-state index contributed by atoms with van der Waals surface area (Å²) in [5, 5.41) is 0. The molecule has 1 rings (SSSR count). The summed E-state index contributed by atoms with van der Waals surface area (Å²) in [6, 6.07) is 3.98. The summed E-state index contributed by atoms with van der Waals surface area (Å²) in [4.78, 5) is 10.8. The summed E-state index contributed by atoms with van der Waals surface area (Å²) in [5.41, 5.74) is 3.18. The standard InChI is InChI=1S/C11H14O2/c1-7-5-6-8(2)11(9(7)3)13-10(4)12/h5-6H,1-4H3. The van der Waals surface area contributed by atoms with Gasteiger partial charge in [-0.3, -0.25) is 4.79 Å². The Kier molecular flexibility index (Phi) is 2.71. The minimum absolute atomic E-state index is 0.267. The number of rotatable bonds is 1. The Labute approximate surface area is 78.5 Å². The molecule has 2 nitrogen and oxygen atoms in total. The van der Waals surface area contributed by atoms with Crippen LogP contribution in [0.4, 0.5) is 0 Å². The molecule has 0 amide bonds. The topological polar surface area (TPSA) is 26.3 Å². The summed E-state index contributed by atoms with van der Waals surface area (Å²) in [7, 11) is 0. The Bertz CT molecular complexity index is 340. The molecule has 0 bridgehead atoms. The van der Waals surface area contributed by atoms with Crippen LogP contribution in [0.15, 0.2) is 12.1 Å². The average molecular weight is 178 g/mol. The number of aryl methyl sites for hydroxylation is 2. The molecular formula is C11H14O2. The largest absolute Gasteiger partial charge is 0.426 e. The molecule has 13 heavy (non-hydrogen) atoms. The van der Waals surface area contributed by atoms with Gasteiger partial charge in [0.2, 0.25) is 0 Å². The fraction of sp³-hybridized carbons (Fsp3) is 0.364. The monoisotopic (exact) mass is 178 g/mol. The molecule has 0 spiro atoms. The molecule has 70 valence electrons. The van der Waals surface area contributed by atoms with E-state index in [0.29, 0.717) is 5.75 Å². The quantitative estimate of drug-likeness (QED) is 0.488. The van der Waals surface area contributed by atoms with Crippen molar-refractivity contribution in [2.75, 3.05) is 0 Å². The highest BCUT2D eigenvalue weighted by molar-refractivity contribution is 5.70. The molecule has 0 unspecified atom stereocenters. The zero-order valence-electron chi connectivity index (χ0n) is 8.47. The zero-order valence-corrected chi connectivity index (χ0v) is 8.47. The fourth-order valence-corrected chi connectivity index (χ4v) is 1.23. The third kappa shape index (κ3) is 2.08. The Morgan fingerprint density at radius 3 is 2.23 bits per heavy atom. The Morgan fingerprint density at radius 1 is 1.15 bits per heavy atom. The average Bonchev–Trinajstić information content (AvgIpc) is 2.05. The first-order valence-corrected chi connectivity index (χ1v) is 4.27. The maximum absolute atomic E-state index is 10.8. The third-order valence-corrected chi connectivity index (χ3v) is 2.12. The maximum Gasteiger partial charge on any atom is 0.308 e. The lowest BCUT2D eigenvalue weighted by Crippen LogP contribution is -2.05. The summed E-state index contributed by atoms with van der Waals surface area (Å²) in [6.07, 6.45) is 0. The van der Waals surface area contributed by atoms with Gasteiger partial charge in [-0.15, -0.1) is 0 Å². The van der Waals surface area contributed by atoms with Crippen molar-refractivity contribution in [1.29, 1.82) is 0 Å². The van der Waals surface area contributed by atoms with Crippen molar-refractivity contribution in [3.63, 3.8) is 0 Å². The summed E-state index contributed by atoms with van der Waals surface area (Å²) >= 11 is 0. The summed E-state index contributed by atoms with van der Waals surface area (Å²) in [6.45, 7) is 7.31. The molecule has 0 saturated heterocycles. The second-order valence-electron chi connectivity index (χ2n) is 3.25. The molecular weight excluding hydrogens is 164 g/mol. The van der Waals surface area contributed by atoms with Crippen molar-refractivity contribution in [3.8, 4) is 5.75 Å². The van der Waals surface area contributed by atoms with Gasteiger partial charge in [-0.1, -0.05) is 12.1 Å². The van der Waals surface area contributed by atoms with Crippen LogP contribution in [-0.4, -0.2) is 5.97 Å². The molecule has 0 fully saturated rings. The molecule has 0 aliphatic carbocycles. The van der Waals surface area contributed by atoms with E-state index in [4.69, 9.17) is 4.74 Å². The molecule has 0 atom stereocenters. The molecule has 0 radical (unpaired) electrons. The van der Waals surface area contributed by atoms with Crippen molar-refractivity contribution in [1.82, 2.24) is 0 Å². The minimum Gasteiger partial charge on any atom is -0.426 e. The van der Waals surface area contributed by atoms with Crippen LogP contribution in [-0.2, 0) is 4.79 Å². The number of ether oxygens (including phenoxy) is 1. The van der Waals surface area contributed by atoms with Crippen LogP contribution >= 0.6 is 0 Å². The van der Waals surface area contributed by atoms with Gasteiger partial charge in [0.05, 0.1) is 0 Å². The van der Waals surface area contributed by atoms with Crippen LogP contribution in [0.25, 0.3) is 0 Å². The molecule has 1 aromatic rings. The van der Waals surface area contributed by atoms with Gasteiger partial charge in [0, 0.05) is 6.92 Å². The van der Waals surface area contributed by atoms with Gasteiger partial charge in [-0.05, 0) is 37.5 Å². The van der Waals surface area contributed by atoms with Crippen molar-refractivity contribution in [3.05, 3.63) is 28.8 Å². The molecule has 0 N–H and O–H groups in total. The van der Waals surface area contributed by atoms with Crippen molar-refractivity contribution >= 4 is 5.97 Å². The number of hydrogen-bond donors (Lipinski definition) is 0. The molecule has 2 heteroatoms. The van der Waals surface area contributed by atoms with E-state index in [1.807, 2.05) is 32.9 Å². The van der Waals surface area contributed by atoms with E-state index < -0.39 is 0 Å². The number of carbonyl (C=O) groups is 1. The van der Waals surface area contributed by atoms with Crippen molar-refractivity contribution in [2.45, 2.75) is 27.7 Å². The Balaban J connectivity index is 3.17. The molecule has 0 heterocycles.